The lowest BCUT2D eigenvalue weighted by atomic mass is 10.0. The van der Waals surface area contributed by atoms with Crippen LogP contribution in [0.25, 0.3) is 16.8 Å². The summed E-state index contributed by atoms with van der Waals surface area (Å²) < 4.78 is 25.3. The number of methoxy groups -OCH3 is 1. The second kappa shape index (κ2) is 10.7. The highest BCUT2D eigenvalue weighted by molar-refractivity contribution is 8.18. The first-order valence-corrected chi connectivity index (χ1v) is 12.6. The summed E-state index contributed by atoms with van der Waals surface area (Å²) in [4.78, 5) is 27.4. The van der Waals surface area contributed by atoms with Gasteiger partial charge in [-0.25, -0.2) is 4.39 Å². The molecule has 0 unspecified atom stereocenters. The molecule has 0 saturated carbocycles. The number of halogens is 2. The molecule has 4 aromatic carbocycles. The van der Waals surface area contributed by atoms with Gasteiger partial charge in [0.25, 0.3) is 11.1 Å². The van der Waals surface area contributed by atoms with Crippen LogP contribution >= 0.6 is 23.4 Å². The zero-order valence-electron chi connectivity index (χ0n) is 19.7. The van der Waals surface area contributed by atoms with E-state index in [0.717, 1.165) is 28.1 Å². The number of imide groups is 1. The fourth-order valence-electron chi connectivity index (χ4n) is 4.10. The number of carbonyl (C=O) groups is 2. The first-order chi connectivity index (χ1) is 17.9. The van der Waals surface area contributed by atoms with Crippen LogP contribution in [0, 0.1) is 5.82 Å². The van der Waals surface area contributed by atoms with Crippen molar-refractivity contribution in [3.63, 3.8) is 0 Å². The van der Waals surface area contributed by atoms with Gasteiger partial charge in [0.2, 0.25) is 0 Å². The summed E-state index contributed by atoms with van der Waals surface area (Å²) in [5.74, 6) is -0.0158. The third kappa shape index (κ3) is 5.19. The van der Waals surface area contributed by atoms with Crippen molar-refractivity contribution >= 4 is 51.4 Å². The highest BCUT2D eigenvalue weighted by atomic mass is 35.5. The van der Waals surface area contributed by atoms with E-state index in [0.29, 0.717) is 22.0 Å². The van der Waals surface area contributed by atoms with Crippen molar-refractivity contribution in [2.75, 3.05) is 7.11 Å². The molecule has 5 nitrogen and oxygen atoms in total. The molecule has 2 amide bonds. The molecule has 0 aliphatic carbocycles. The van der Waals surface area contributed by atoms with Gasteiger partial charge in [-0.05, 0) is 64.0 Å². The Morgan fingerprint density at radius 1 is 0.973 bits per heavy atom. The Kier molecular flexibility index (Phi) is 7.17. The maximum atomic E-state index is 14.1. The Bertz CT molecular complexity index is 1530. The van der Waals surface area contributed by atoms with Gasteiger partial charge in [-0.15, -0.1) is 0 Å². The summed E-state index contributed by atoms with van der Waals surface area (Å²) in [6.45, 7) is 0.117. The van der Waals surface area contributed by atoms with Crippen LogP contribution < -0.4 is 9.47 Å². The lowest BCUT2D eigenvalue weighted by Crippen LogP contribution is -2.27. The molecule has 1 saturated heterocycles. The molecule has 1 fully saturated rings. The summed E-state index contributed by atoms with van der Waals surface area (Å²) in [5.41, 5.74) is 1.80. The SMILES string of the molecule is COc1cc(/C=C2\SC(=O)N(Cc3cccc4ccccc34)C2=O)ccc1OCc1c(F)cccc1Cl. The van der Waals surface area contributed by atoms with Crippen molar-refractivity contribution in [3.05, 3.63) is 111 Å². The number of carbonyl (C=O) groups excluding carboxylic acids is 2. The second-order valence-corrected chi connectivity index (χ2v) is 9.71. The molecular weight excluding hydrogens is 513 g/mol. The van der Waals surface area contributed by atoms with Crippen molar-refractivity contribution in [2.24, 2.45) is 0 Å². The number of amides is 2. The third-order valence-electron chi connectivity index (χ3n) is 6.00. The molecule has 0 atom stereocenters. The third-order valence-corrected chi connectivity index (χ3v) is 7.26. The Morgan fingerprint density at radius 3 is 2.57 bits per heavy atom. The van der Waals surface area contributed by atoms with Gasteiger partial charge >= 0.3 is 0 Å². The van der Waals surface area contributed by atoms with Crippen LogP contribution in [0.4, 0.5) is 9.18 Å². The van der Waals surface area contributed by atoms with Gasteiger partial charge in [-0.1, -0.05) is 66.2 Å². The van der Waals surface area contributed by atoms with Gasteiger partial charge in [0.15, 0.2) is 11.5 Å². The Labute approximate surface area is 222 Å². The molecule has 1 aliphatic heterocycles. The monoisotopic (exact) mass is 533 g/mol. The maximum absolute atomic E-state index is 14.1. The molecule has 37 heavy (non-hydrogen) atoms. The summed E-state index contributed by atoms with van der Waals surface area (Å²) in [7, 11) is 1.49. The van der Waals surface area contributed by atoms with E-state index in [-0.39, 0.29) is 34.9 Å². The number of ether oxygens (including phenoxy) is 2. The van der Waals surface area contributed by atoms with Gasteiger partial charge in [0.1, 0.15) is 12.4 Å². The number of nitrogens with zero attached hydrogens (tertiary/aromatic N) is 1. The Balaban J connectivity index is 1.34. The molecule has 0 aromatic heterocycles. The second-order valence-electron chi connectivity index (χ2n) is 8.31. The van der Waals surface area contributed by atoms with Crippen molar-refractivity contribution in [1.82, 2.24) is 4.90 Å². The molecule has 0 radical (unpaired) electrons. The minimum atomic E-state index is -0.456. The lowest BCUT2D eigenvalue weighted by molar-refractivity contribution is -0.123. The quantitative estimate of drug-likeness (QED) is 0.231. The summed E-state index contributed by atoms with van der Waals surface area (Å²) in [6.07, 6.45) is 1.65. The predicted molar refractivity (Wildman–Crippen MR) is 144 cm³/mol. The normalized spacial score (nSPS) is 14.6. The van der Waals surface area contributed by atoms with Gasteiger partial charge in [0, 0.05) is 5.56 Å². The number of thioether (sulfide) groups is 1. The van der Waals surface area contributed by atoms with Crippen LogP contribution in [0.2, 0.25) is 5.02 Å². The van der Waals surface area contributed by atoms with E-state index in [2.05, 4.69) is 0 Å². The number of hydrogen-bond acceptors (Lipinski definition) is 5. The predicted octanol–water partition coefficient (Wildman–Crippen LogP) is 7.46. The van der Waals surface area contributed by atoms with Gasteiger partial charge in [-0.3, -0.25) is 14.5 Å². The van der Waals surface area contributed by atoms with E-state index in [1.54, 1.807) is 30.3 Å². The summed E-state index contributed by atoms with van der Waals surface area (Å²) in [6, 6.07) is 23.2. The standard InChI is InChI=1S/C29H21ClFNO4S/c1-35-26-14-18(12-13-25(26)36-17-22-23(30)10-5-11-24(22)31)15-27-28(33)32(29(34)37-27)16-20-8-4-7-19-6-2-3-9-21(19)20/h2-15H,16-17H2,1H3/b27-15-. The number of benzene rings is 4. The van der Waals surface area contributed by atoms with E-state index in [4.69, 9.17) is 21.1 Å². The topological polar surface area (TPSA) is 55.8 Å². The number of rotatable bonds is 7. The van der Waals surface area contributed by atoms with E-state index in [9.17, 15) is 14.0 Å². The summed E-state index contributed by atoms with van der Waals surface area (Å²) in [5, 5.41) is 2.01. The highest BCUT2D eigenvalue weighted by Crippen LogP contribution is 2.36. The van der Waals surface area contributed by atoms with Crippen molar-refractivity contribution in [2.45, 2.75) is 13.2 Å². The molecule has 0 N–H and O–H groups in total. The van der Waals surface area contributed by atoms with Crippen LogP contribution in [0.5, 0.6) is 11.5 Å². The van der Waals surface area contributed by atoms with Gasteiger partial charge < -0.3 is 9.47 Å². The molecule has 1 heterocycles. The fourth-order valence-corrected chi connectivity index (χ4v) is 5.16. The zero-order chi connectivity index (χ0) is 25.9. The first-order valence-electron chi connectivity index (χ1n) is 11.4. The van der Waals surface area contributed by atoms with Crippen molar-refractivity contribution in [1.29, 1.82) is 0 Å². The Morgan fingerprint density at radius 2 is 1.76 bits per heavy atom. The average molecular weight is 534 g/mol. The maximum Gasteiger partial charge on any atom is 0.293 e. The molecular formula is C29H21ClFNO4S. The van der Waals surface area contributed by atoms with Gasteiger partial charge in [0.05, 0.1) is 23.6 Å². The molecule has 5 rings (SSSR count). The van der Waals surface area contributed by atoms with Crippen LogP contribution in [0.3, 0.4) is 0 Å². The van der Waals surface area contributed by atoms with Crippen LogP contribution in [0.1, 0.15) is 16.7 Å². The largest absolute Gasteiger partial charge is 0.493 e. The van der Waals surface area contributed by atoms with E-state index in [1.807, 2.05) is 42.5 Å². The van der Waals surface area contributed by atoms with E-state index >= 15 is 0 Å². The smallest absolute Gasteiger partial charge is 0.293 e. The first kappa shape index (κ1) is 24.9. The lowest BCUT2D eigenvalue weighted by Gasteiger charge is -2.14. The van der Waals surface area contributed by atoms with Crippen molar-refractivity contribution in [3.8, 4) is 11.5 Å². The minimum absolute atomic E-state index is 0.0751. The molecule has 8 heteroatoms. The zero-order valence-corrected chi connectivity index (χ0v) is 21.3. The molecule has 0 bridgehead atoms. The average Bonchev–Trinajstić information content (AvgIpc) is 3.16. The fraction of sp³-hybridized carbons (Fsp3) is 0.103. The van der Waals surface area contributed by atoms with E-state index in [1.165, 1.54) is 24.1 Å². The van der Waals surface area contributed by atoms with Crippen molar-refractivity contribution < 1.29 is 23.5 Å². The van der Waals surface area contributed by atoms with E-state index < -0.39 is 5.82 Å². The Hall–Kier alpha value is -3.81. The highest BCUT2D eigenvalue weighted by Gasteiger charge is 2.35. The molecule has 186 valence electrons. The summed E-state index contributed by atoms with van der Waals surface area (Å²) >= 11 is 6.98. The van der Waals surface area contributed by atoms with Crippen LogP contribution in [-0.2, 0) is 17.9 Å². The molecule has 4 aromatic rings. The minimum Gasteiger partial charge on any atom is -0.493 e. The van der Waals surface area contributed by atoms with Crippen LogP contribution in [-0.4, -0.2) is 23.2 Å². The molecule has 1 aliphatic rings. The number of hydrogen-bond donors (Lipinski definition) is 0. The van der Waals surface area contributed by atoms with Gasteiger partial charge in [-0.2, -0.15) is 0 Å². The molecule has 0 spiro atoms. The number of fused-ring (bicyclic) bond motifs is 1. The van der Waals surface area contributed by atoms with Crippen LogP contribution in [0.15, 0.2) is 83.8 Å².